The minimum absolute atomic E-state index is 0.0982. The molecule has 31 heavy (non-hydrogen) atoms. The summed E-state index contributed by atoms with van der Waals surface area (Å²) in [6.07, 6.45) is 5.70. The molecule has 7 nitrogen and oxygen atoms in total. The van der Waals surface area contributed by atoms with Crippen molar-refractivity contribution >= 4 is 17.2 Å². The molecule has 0 radical (unpaired) electrons. The number of oxazole rings is 1. The van der Waals surface area contributed by atoms with E-state index in [0.717, 1.165) is 58.5 Å². The third kappa shape index (κ3) is 3.79. The van der Waals surface area contributed by atoms with Gasteiger partial charge in [-0.25, -0.2) is 4.98 Å². The number of hydrogen-bond acceptors (Lipinski definition) is 7. The van der Waals surface area contributed by atoms with Crippen LogP contribution >= 0.6 is 11.3 Å². The molecule has 0 saturated carbocycles. The van der Waals surface area contributed by atoms with Crippen molar-refractivity contribution in [2.24, 2.45) is 5.92 Å². The number of aryl methyl sites for hydroxylation is 1. The van der Waals surface area contributed by atoms with Crippen LogP contribution in [0.2, 0.25) is 0 Å². The van der Waals surface area contributed by atoms with Gasteiger partial charge in [-0.2, -0.15) is 0 Å². The summed E-state index contributed by atoms with van der Waals surface area (Å²) < 4.78 is 16.7. The van der Waals surface area contributed by atoms with E-state index in [4.69, 9.17) is 13.9 Å². The van der Waals surface area contributed by atoms with E-state index in [1.165, 1.54) is 23.7 Å². The topological polar surface area (TPSA) is 68.0 Å². The lowest BCUT2D eigenvalue weighted by Gasteiger charge is -2.49. The van der Waals surface area contributed by atoms with Crippen molar-refractivity contribution in [1.82, 2.24) is 14.8 Å². The minimum Gasteiger partial charge on any atom is -0.467 e. The Balaban J connectivity index is 1.17. The van der Waals surface area contributed by atoms with Crippen LogP contribution in [-0.2, 0) is 23.2 Å². The van der Waals surface area contributed by atoms with E-state index in [9.17, 15) is 4.79 Å². The number of piperidine rings is 1. The molecule has 168 valence electrons. The molecule has 3 aliphatic rings. The van der Waals surface area contributed by atoms with E-state index in [1.54, 1.807) is 9.78 Å². The second kappa shape index (κ2) is 8.22. The predicted molar refractivity (Wildman–Crippen MR) is 118 cm³/mol. The number of carbonyl (C=O) groups excluding carboxylic acids is 1. The van der Waals surface area contributed by atoms with Gasteiger partial charge in [0.2, 0.25) is 0 Å². The Bertz CT molecular complexity index is 951. The molecule has 0 aliphatic carbocycles. The lowest BCUT2D eigenvalue weighted by molar-refractivity contribution is -0.114. The van der Waals surface area contributed by atoms with Gasteiger partial charge < -0.3 is 23.7 Å². The maximum Gasteiger partial charge on any atom is 0.309 e. The highest BCUT2D eigenvalue weighted by molar-refractivity contribution is 7.12. The van der Waals surface area contributed by atoms with Gasteiger partial charge in [0.1, 0.15) is 6.20 Å². The van der Waals surface area contributed by atoms with Crippen LogP contribution in [0.15, 0.2) is 16.7 Å². The standard InChI is InChI=1S/C23H31N3O4S/c1-4-17-9-18-19(31-17)5-8-29-23(18)6-7-25(15(2)10-23)12-16-13-26(14-16)22(27)21-24-11-20(28-3)30-21/h9,11,15-16H,4-8,10,12-14H2,1-3H3/t15-,23+/m0/s1. The number of amides is 1. The number of thiophene rings is 1. The Hall–Kier alpha value is -1.90. The molecular formula is C23H31N3O4S. The molecule has 1 amide bonds. The first-order chi connectivity index (χ1) is 15.0. The molecule has 0 N–H and O–H groups in total. The number of carbonyl (C=O) groups is 1. The van der Waals surface area contributed by atoms with Crippen LogP contribution in [-0.4, -0.2) is 66.6 Å². The summed E-state index contributed by atoms with van der Waals surface area (Å²) in [5, 5.41) is 0. The summed E-state index contributed by atoms with van der Waals surface area (Å²) in [4.78, 5) is 23.9. The number of methoxy groups -OCH3 is 1. The average Bonchev–Trinajstić information content (AvgIpc) is 3.39. The van der Waals surface area contributed by atoms with Crippen LogP contribution in [0.4, 0.5) is 0 Å². The maximum absolute atomic E-state index is 12.5. The van der Waals surface area contributed by atoms with E-state index in [-0.39, 0.29) is 23.3 Å². The van der Waals surface area contributed by atoms with Crippen molar-refractivity contribution in [2.45, 2.75) is 51.2 Å². The first-order valence-electron chi connectivity index (χ1n) is 11.3. The third-order valence-corrected chi connectivity index (χ3v) is 8.40. The average molecular weight is 446 g/mol. The quantitative estimate of drug-likeness (QED) is 0.703. The Morgan fingerprint density at radius 3 is 2.97 bits per heavy atom. The van der Waals surface area contributed by atoms with Crippen molar-refractivity contribution < 1.29 is 18.7 Å². The Morgan fingerprint density at radius 1 is 1.42 bits per heavy atom. The molecule has 2 aromatic rings. The summed E-state index contributed by atoms with van der Waals surface area (Å²) in [5.74, 6) is 0.711. The van der Waals surface area contributed by atoms with Gasteiger partial charge in [0.25, 0.3) is 5.89 Å². The van der Waals surface area contributed by atoms with E-state index in [1.807, 2.05) is 11.3 Å². The molecule has 5 heterocycles. The van der Waals surface area contributed by atoms with Crippen molar-refractivity contribution in [3.8, 4) is 5.95 Å². The lowest BCUT2D eigenvalue weighted by atomic mass is 9.79. The molecule has 5 rings (SSSR count). The summed E-state index contributed by atoms with van der Waals surface area (Å²) in [5.41, 5.74) is 1.37. The Kier molecular flexibility index (Phi) is 5.56. The zero-order valence-electron chi connectivity index (χ0n) is 18.6. The van der Waals surface area contributed by atoms with E-state index in [0.29, 0.717) is 12.0 Å². The van der Waals surface area contributed by atoms with Gasteiger partial charge in [-0.1, -0.05) is 6.92 Å². The largest absolute Gasteiger partial charge is 0.467 e. The van der Waals surface area contributed by atoms with Crippen LogP contribution < -0.4 is 4.74 Å². The molecule has 3 aliphatic heterocycles. The van der Waals surface area contributed by atoms with E-state index in [2.05, 4.69) is 29.8 Å². The zero-order chi connectivity index (χ0) is 21.6. The molecule has 0 aromatic carbocycles. The van der Waals surface area contributed by atoms with Crippen molar-refractivity contribution in [2.75, 3.05) is 39.9 Å². The summed E-state index contributed by atoms with van der Waals surface area (Å²) in [7, 11) is 1.50. The fourth-order valence-corrected chi connectivity index (χ4v) is 6.49. The van der Waals surface area contributed by atoms with Gasteiger partial charge in [0, 0.05) is 54.3 Å². The van der Waals surface area contributed by atoms with Crippen LogP contribution in [0, 0.1) is 5.92 Å². The van der Waals surface area contributed by atoms with Gasteiger partial charge in [0.05, 0.1) is 19.3 Å². The second-order valence-electron chi connectivity index (χ2n) is 9.06. The SMILES string of the molecule is CCc1cc2c(s1)CCO[C@@]21CCN(CC2CN(C(=O)c3ncc(OC)o3)C2)[C@@H](C)C1. The molecule has 2 aromatic heterocycles. The smallest absolute Gasteiger partial charge is 0.309 e. The summed E-state index contributed by atoms with van der Waals surface area (Å²) >= 11 is 1.98. The van der Waals surface area contributed by atoms with Gasteiger partial charge in [-0.05, 0) is 37.8 Å². The minimum atomic E-state index is -0.155. The van der Waals surface area contributed by atoms with Crippen molar-refractivity contribution in [3.05, 3.63) is 33.5 Å². The van der Waals surface area contributed by atoms with Crippen LogP contribution in [0.3, 0.4) is 0 Å². The number of ether oxygens (including phenoxy) is 2. The number of fused-ring (bicyclic) bond motifs is 2. The third-order valence-electron chi connectivity index (χ3n) is 7.06. The van der Waals surface area contributed by atoms with Crippen LogP contribution in [0.1, 0.15) is 52.7 Å². The fourth-order valence-electron chi connectivity index (χ4n) is 5.32. The highest BCUT2D eigenvalue weighted by atomic mass is 32.1. The highest BCUT2D eigenvalue weighted by Gasteiger charge is 2.45. The Labute approximate surface area is 187 Å². The number of aromatic nitrogens is 1. The molecular weight excluding hydrogens is 414 g/mol. The summed E-state index contributed by atoms with van der Waals surface area (Å²) in [6, 6.07) is 2.87. The fraction of sp³-hybridized carbons (Fsp3) is 0.652. The lowest BCUT2D eigenvalue weighted by Crippen LogP contribution is -2.57. The number of hydrogen-bond donors (Lipinski definition) is 0. The van der Waals surface area contributed by atoms with Crippen molar-refractivity contribution in [1.29, 1.82) is 0 Å². The molecule has 2 fully saturated rings. The van der Waals surface area contributed by atoms with Crippen LogP contribution in [0.25, 0.3) is 0 Å². The number of likely N-dealkylation sites (tertiary alicyclic amines) is 2. The highest BCUT2D eigenvalue weighted by Crippen LogP contribution is 2.46. The van der Waals surface area contributed by atoms with Gasteiger partial charge in [-0.3, -0.25) is 4.79 Å². The van der Waals surface area contributed by atoms with Crippen molar-refractivity contribution in [3.63, 3.8) is 0 Å². The van der Waals surface area contributed by atoms with Gasteiger partial charge >= 0.3 is 11.9 Å². The molecule has 2 saturated heterocycles. The Morgan fingerprint density at radius 2 is 2.26 bits per heavy atom. The second-order valence-corrected chi connectivity index (χ2v) is 10.3. The molecule has 8 heteroatoms. The normalized spacial score (nSPS) is 26.7. The van der Waals surface area contributed by atoms with E-state index >= 15 is 0 Å². The first-order valence-corrected chi connectivity index (χ1v) is 12.1. The van der Waals surface area contributed by atoms with Gasteiger partial charge in [-0.15, -0.1) is 11.3 Å². The molecule has 1 spiro atoms. The zero-order valence-corrected chi connectivity index (χ0v) is 19.4. The van der Waals surface area contributed by atoms with Gasteiger partial charge in [0.15, 0.2) is 0 Å². The molecule has 0 unspecified atom stereocenters. The van der Waals surface area contributed by atoms with Crippen LogP contribution in [0.5, 0.6) is 5.95 Å². The summed E-state index contributed by atoms with van der Waals surface area (Å²) in [6.45, 7) is 8.97. The first kappa shape index (κ1) is 21.0. The monoisotopic (exact) mass is 445 g/mol. The maximum atomic E-state index is 12.5. The number of rotatable bonds is 5. The number of nitrogens with zero attached hydrogens (tertiary/aromatic N) is 3. The molecule has 0 bridgehead atoms. The molecule has 2 atom stereocenters. The predicted octanol–water partition coefficient (Wildman–Crippen LogP) is 3.33. The van der Waals surface area contributed by atoms with E-state index < -0.39 is 0 Å².